The molecule has 0 spiro atoms. The maximum absolute atomic E-state index is 6.48. The molecule has 0 fully saturated rings. The summed E-state index contributed by atoms with van der Waals surface area (Å²) in [7, 11) is 3.28. The first-order valence-corrected chi connectivity index (χ1v) is 7.35. The fourth-order valence-corrected chi connectivity index (χ4v) is 2.66. The summed E-state index contributed by atoms with van der Waals surface area (Å²) in [5.74, 6) is 2.20. The molecular weight excluding hydrogens is 290 g/mol. The van der Waals surface area contributed by atoms with Gasteiger partial charge in [-0.15, -0.1) is 0 Å². The van der Waals surface area contributed by atoms with Gasteiger partial charge in [-0.1, -0.05) is 18.2 Å². The van der Waals surface area contributed by atoms with Crippen molar-refractivity contribution in [2.75, 3.05) is 14.2 Å². The van der Waals surface area contributed by atoms with Crippen LogP contribution in [0.2, 0.25) is 0 Å². The number of nitrogens with zero attached hydrogens (tertiary/aromatic N) is 2. The Balaban J connectivity index is 2.17. The molecule has 2 N–H and O–H groups in total. The van der Waals surface area contributed by atoms with Gasteiger partial charge in [-0.25, -0.2) is 9.97 Å². The number of hydrogen-bond donors (Lipinski definition) is 1. The Morgan fingerprint density at radius 3 is 2.35 bits per heavy atom. The van der Waals surface area contributed by atoms with Crippen molar-refractivity contribution in [3.05, 3.63) is 59.5 Å². The molecule has 118 valence electrons. The van der Waals surface area contributed by atoms with Gasteiger partial charge < -0.3 is 15.2 Å². The van der Waals surface area contributed by atoms with Crippen LogP contribution in [0, 0.1) is 6.92 Å². The molecule has 0 amide bonds. The highest BCUT2D eigenvalue weighted by molar-refractivity contribution is 5.88. The first-order chi connectivity index (χ1) is 11.1. The molecule has 5 nitrogen and oxygen atoms in total. The first-order valence-electron chi connectivity index (χ1n) is 7.35. The van der Waals surface area contributed by atoms with E-state index in [2.05, 4.69) is 9.97 Å². The van der Waals surface area contributed by atoms with E-state index in [1.807, 2.05) is 49.4 Å². The van der Waals surface area contributed by atoms with Gasteiger partial charge in [0.05, 0.1) is 36.9 Å². The number of rotatable bonds is 4. The van der Waals surface area contributed by atoms with Crippen LogP contribution in [-0.4, -0.2) is 24.2 Å². The second kappa shape index (κ2) is 6.22. The Morgan fingerprint density at radius 1 is 0.957 bits per heavy atom. The molecule has 0 radical (unpaired) electrons. The summed E-state index contributed by atoms with van der Waals surface area (Å²) in [6, 6.07) is 13.1. The third kappa shape index (κ3) is 2.83. The van der Waals surface area contributed by atoms with Gasteiger partial charge in [0.15, 0.2) is 0 Å². The van der Waals surface area contributed by atoms with E-state index in [9.17, 15) is 0 Å². The molecule has 1 aromatic heterocycles. The summed E-state index contributed by atoms with van der Waals surface area (Å²) >= 11 is 0. The lowest BCUT2D eigenvalue weighted by Gasteiger charge is -2.16. The minimum Gasteiger partial charge on any atom is -0.497 e. The molecule has 1 atom stereocenters. The number of hydrogen-bond acceptors (Lipinski definition) is 5. The molecule has 0 aliphatic rings. The molecule has 1 heterocycles. The van der Waals surface area contributed by atoms with Crippen molar-refractivity contribution in [1.29, 1.82) is 0 Å². The second-order valence-corrected chi connectivity index (χ2v) is 5.26. The van der Waals surface area contributed by atoms with Crippen molar-refractivity contribution in [1.82, 2.24) is 9.97 Å². The van der Waals surface area contributed by atoms with Gasteiger partial charge >= 0.3 is 0 Å². The van der Waals surface area contributed by atoms with Crippen molar-refractivity contribution in [3.63, 3.8) is 0 Å². The van der Waals surface area contributed by atoms with Crippen LogP contribution in [-0.2, 0) is 0 Å². The highest BCUT2D eigenvalue weighted by Crippen LogP contribution is 2.32. The molecule has 3 aromatic rings. The number of ether oxygens (including phenoxy) is 2. The highest BCUT2D eigenvalue weighted by Gasteiger charge is 2.18. The minimum absolute atomic E-state index is 0.374. The third-order valence-electron chi connectivity index (χ3n) is 3.81. The molecule has 0 aliphatic carbocycles. The summed E-state index contributed by atoms with van der Waals surface area (Å²) in [6.45, 7) is 1.86. The van der Waals surface area contributed by atoms with Gasteiger partial charge in [0.1, 0.15) is 17.3 Å². The fraction of sp³-hybridized carbons (Fsp3) is 0.222. The van der Waals surface area contributed by atoms with Crippen LogP contribution in [0.15, 0.2) is 42.5 Å². The Bertz CT molecular complexity index is 832. The predicted octanol–water partition coefficient (Wildman–Crippen LogP) is 3.00. The summed E-state index contributed by atoms with van der Waals surface area (Å²) in [6.07, 6.45) is 0. The average Bonchev–Trinajstić information content (AvgIpc) is 2.59. The van der Waals surface area contributed by atoms with Crippen LogP contribution >= 0.6 is 0 Å². The lowest BCUT2D eigenvalue weighted by atomic mass is 10.00. The summed E-state index contributed by atoms with van der Waals surface area (Å²) in [5, 5.41) is 0.851. The fourth-order valence-electron chi connectivity index (χ4n) is 2.66. The zero-order chi connectivity index (χ0) is 16.4. The molecule has 5 heteroatoms. The molecular formula is C18H19N3O2. The molecule has 3 rings (SSSR count). The Labute approximate surface area is 135 Å². The van der Waals surface area contributed by atoms with Crippen LogP contribution in [0.3, 0.4) is 0 Å². The van der Waals surface area contributed by atoms with Gasteiger partial charge in [-0.2, -0.15) is 0 Å². The molecule has 0 bridgehead atoms. The monoisotopic (exact) mass is 309 g/mol. The number of nitrogens with two attached hydrogens (primary N) is 1. The Morgan fingerprint density at radius 2 is 1.70 bits per heavy atom. The Kier molecular flexibility index (Phi) is 4.12. The molecule has 2 aromatic carbocycles. The van der Waals surface area contributed by atoms with Gasteiger partial charge in [-0.05, 0) is 36.8 Å². The van der Waals surface area contributed by atoms with Gasteiger partial charge in [0.25, 0.3) is 0 Å². The summed E-state index contributed by atoms with van der Waals surface area (Å²) < 4.78 is 10.7. The summed E-state index contributed by atoms with van der Waals surface area (Å²) in [5.41, 5.74) is 9.02. The number of aromatic nitrogens is 2. The maximum atomic E-state index is 6.48. The van der Waals surface area contributed by atoms with Crippen LogP contribution in [0.25, 0.3) is 10.9 Å². The van der Waals surface area contributed by atoms with E-state index in [0.717, 1.165) is 33.7 Å². The smallest absolute Gasteiger partial charge is 0.130 e. The van der Waals surface area contributed by atoms with Crippen molar-refractivity contribution in [2.24, 2.45) is 5.73 Å². The maximum Gasteiger partial charge on any atom is 0.130 e. The van der Waals surface area contributed by atoms with E-state index < -0.39 is 0 Å². The zero-order valence-corrected chi connectivity index (χ0v) is 13.4. The zero-order valence-electron chi connectivity index (χ0n) is 13.4. The summed E-state index contributed by atoms with van der Waals surface area (Å²) in [4.78, 5) is 9.06. The van der Waals surface area contributed by atoms with Crippen LogP contribution in [0.1, 0.15) is 23.1 Å². The van der Waals surface area contributed by atoms with E-state index >= 15 is 0 Å². The van der Waals surface area contributed by atoms with Crippen molar-refractivity contribution in [3.8, 4) is 11.5 Å². The van der Waals surface area contributed by atoms with Crippen molar-refractivity contribution < 1.29 is 9.47 Å². The van der Waals surface area contributed by atoms with Gasteiger partial charge in [-0.3, -0.25) is 0 Å². The molecule has 1 unspecified atom stereocenters. The van der Waals surface area contributed by atoms with E-state index in [0.29, 0.717) is 5.82 Å². The normalized spacial score (nSPS) is 12.2. The first kappa shape index (κ1) is 15.2. The molecule has 0 saturated carbocycles. The number of benzene rings is 2. The van der Waals surface area contributed by atoms with Crippen molar-refractivity contribution in [2.45, 2.75) is 13.0 Å². The third-order valence-corrected chi connectivity index (χ3v) is 3.81. The lowest BCUT2D eigenvalue weighted by molar-refractivity contribution is 0.414. The van der Waals surface area contributed by atoms with E-state index in [-0.39, 0.29) is 6.04 Å². The quantitative estimate of drug-likeness (QED) is 0.802. The van der Waals surface area contributed by atoms with E-state index in [4.69, 9.17) is 15.2 Å². The Hall–Kier alpha value is -2.66. The van der Waals surface area contributed by atoms with Gasteiger partial charge in [0, 0.05) is 0 Å². The molecule has 0 aliphatic heterocycles. The number of fused-ring (bicyclic) bond motifs is 1. The average molecular weight is 309 g/mol. The number of aryl methyl sites for hydroxylation is 1. The standard InChI is InChI=1S/C18H19N3O2/c1-11-20-14-5-4-6-15(23-3)16(14)18(21-11)17(19)12-7-9-13(22-2)10-8-12/h4-10,17H,19H2,1-3H3. The molecule has 0 saturated heterocycles. The van der Waals surface area contributed by atoms with Crippen LogP contribution in [0.4, 0.5) is 0 Å². The second-order valence-electron chi connectivity index (χ2n) is 5.26. The lowest BCUT2D eigenvalue weighted by Crippen LogP contribution is -2.15. The molecule has 23 heavy (non-hydrogen) atoms. The van der Waals surface area contributed by atoms with Crippen molar-refractivity contribution >= 4 is 10.9 Å². The van der Waals surface area contributed by atoms with Gasteiger partial charge in [0.2, 0.25) is 0 Å². The van der Waals surface area contributed by atoms with Crippen LogP contribution in [0.5, 0.6) is 11.5 Å². The minimum atomic E-state index is -0.374. The van der Waals surface area contributed by atoms with E-state index in [1.54, 1.807) is 14.2 Å². The highest BCUT2D eigenvalue weighted by atomic mass is 16.5. The SMILES string of the molecule is COc1ccc(C(N)c2nc(C)nc3cccc(OC)c23)cc1. The predicted molar refractivity (Wildman–Crippen MR) is 89.9 cm³/mol. The number of methoxy groups -OCH3 is 2. The topological polar surface area (TPSA) is 70.3 Å². The largest absolute Gasteiger partial charge is 0.497 e. The van der Waals surface area contributed by atoms with Crippen LogP contribution < -0.4 is 15.2 Å². The van der Waals surface area contributed by atoms with E-state index in [1.165, 1.54) is 0 Å².